The lowest BCUT2D eigenvalue weighted by molar-refractivity contribution is 0.596. The molecule has 0 aromatic heterocycles. The van der Waals surface area contributed by atoms with Crippen molar-refractivity contribution in [3.63, 3.8) is 0 Å². The average Bonchev–Trinajstić information content (AvgIpc) is 2.47. The maximum absolute atomic E-state index is 12.5. The summed E-state index contributed by atoms with van der Waals surface area (Å²) < 4.78 is 26.0. The van der Waals surface area contributed by atoms with Crippen LogP contribution in [0.15, 0.2) is 81.0 Å². The van der Waals surface area contributed by atoms with Crippen LogP contribution in [0.1, 0.15) is 0 Å². The summed E-state index contributed by atoms with van der Waals surface area (Å²) in [5.74, 6) is 0. The van der Waals surface area contributed by atoms with Crippen LogP contribution in [0.3, 0.4) is 0 Å². The molecular formula is C16H11BrO2S. The van der Waals surface area contributed by atoms with Gasteiger partial charge in [-0.15, -0.1) is 0 Å². The summed E-state index contributed by atoms with van der Waals surface area (Å²) in [6.07, 6.45) is 0. The summed E-state index contributed by atoms with van der Waals surface area (Å²) in [4.78, 5) is 0.634. The Labute approximate surface area is 126 Å². The minimum atomic E-state index is -3.45. The molecule has 3 aromatic carbocycles. The van der Waals surface area contributed by atoms with Gasteiger partial charge in [0.25, 0.3) is 0 Å². The summed E-state index contributed by atoms with van der Waals surface area (Å²) in [5, 5.41) is 1.91. The van der Waals surface area contributed by atoms with Crippen molar-refractivity contribution in [1.29, 1.82) is 0 Å². The molecule has 3 aromatic rings. The van der Waals surface area contributed by atoms with E-state index in [1.807, 2.05) is 24.3 Å². The topological polar surface area (TPSA) is 34.1 Å². The fraction of sp³-hybridized carbons (Fsp3) is 0. The summed E-state index contributed by atoms with van der Waals surface area (Å²) >= 11 is 3.41. The van der Waals surface area contributed by atoms with E-state index in [0.717, 1.165) is 15.2 Å². The van der Waals surface area contributed by atoms with Gasteiger partial charge in [0, 0.05) is 4.47 Å². The molecule has 0 aliphatic heterocycles. The van der Waals surface area contributed by atoms with Gasteiger partial charge in [-0.2, -0.15) is 0 Å². The molecule has 0 saturated heterocycles. The third-order valence-electron chi connectivity index (χ3n) is 3.14. The highest BCUT2D eigenvalue weighted by atomic mass is 79.9. The first-order valence-corrected chi connectivity index (χ1v) is 8.34. The van der Waals surface area contributed by atoms with E-state index in [-0.39, 0.29) is 0 Å². The first-order chi connectivity index (χ1) is 9.57. The fourth-order valence-corrected chi connectivity index (χ4v) is 3.79. The van der Waals surface area contributed by atoms with Gasteiger partial charge in [0.2, 0.25) is 9.84 Å². The van der Waals surface area contributed by atoms with Crippen molar-refractivity contribution in [3.05, 3.63) is 71.2 Å². The standard InChI is InChI=1S/C16H11BrO2S/c17-14-8-6-13-11-16(9-7-12(13)10-14)20(18,19)15-4-2-1-3-5-15/h1-11H. The van der Waals surface area contributed by atoms with E-state index >= 15 is 0 Å². The third-order valence-corrected chi connectivity index (χ3v) is 5.40. The fourth-order valence-electron chi connectivity index (χ4n) is 2.10. The van der Waals surface area contributed by atoms with Crippen LogP contribution in [-0.4, -0.2) is 8.42 Å². The van der Waals surface area contributed by atoms with Gasteiger partial charge >= 0.3 is 0 Å². The number of rotatable bonds is 2. The number of sulfone groups is 1. The summed E-state index contributed by atoms with van der Waals surface area (Å²) in [6.45, 7) is 0. The lowest BCUT2D eigenvalue weighted by Gasteiger charge is -2.06. The Bertz CT molecular complexity index is 871. The van der Waals surface area contributed by atoms with Crippen LogP contribution in [0.4, 0.5) is 0 Å². The molecule has 0 aliphatic rings. The zero-order chi connectivity index (χ0) is 14.2. The van der Waals surface area contributed by atoms with Crippen LogP contribution in [0, 0.1) is 0 Å². The normalized spacial score (nSPS) is 11.7. The van der Waals surface area contributed by atoms with Crippen molar-refractivity contribution in [3.8, 4) is 0 Å². The monoisotopic (exact) mass is 346 g/mol. The molecule has 0 heterocycles. The highest BCUT2D eigenvalue weighted by Gasteiger charge is 2.17. The van der Waals surface area contributed by atoms with Crippen molar-refractivity contribution in [1.82, 2.24) is 0 Å². The number of benzene rings is 3. The Hall–Kier alpha value is -1.65. The molecule has 0 radical (unpaired) electrons. The second-order valence-electron chi connectivity index (χ2n) is 4.47. The lowest BCUT2D eigenvalue weighted by atomic mass is 10.1. The van der Waals surface area contributed by atoms with Gasteiger partial charge < -0.3 is 0 Å². The molecule has 20 heavy (non-hydrogen) atoms. The molecule has 3 rings (SSSR count). The molecule has 0 aliphatic carbocycles. The number of fused-ring (bicyclic) bond motifs is 1. The Kier molecular flexibility index (Phi) is 3.36. The zero-order valence-electron chi connectivity index (χ0n) is 10.5. The zero-order valence-corrected chi connectivity index (χ0v) is 12.9. The second-order valence-corrected chi connectivity index (χ2v) is 7.34. The Morgan fingerprint density at radius 2 is 1.35 bits per heavy atom. The molecule has 0 spiro atoms. The summed E-state index contributed by atoms with van der Waals surface area (Å²) in [6, 6.07) is 19.4. The maximum Gasteiger partial charge on any atom is 0.206 e. The SMILES string of the molecule is O=S(=O)(c1ccccc1)c1ccc2cc(Br)ccc2c1. The molecule has 0 amide bonds. The van der Waals surface area contributed by atoms with Crippen LogP contribution < -0.4 is 0 Å². The van der Waals surface area contributed by atoms with Gasteiger partial charge in [-0.3, -0.25) is 0 Å². The number of hydrogen-bond acceptors (Lipinski definition) is 2. The Morgan fingerprint density at radius 3 is 2.10 bits per heavy atom. The van der Waals surface area contributed by atoms with Gasteiger partial charge in [0.1, 0.15) is 0 Å². The van der Waals surface area contributed by atoms with E-state index in [2.05, 4.69) is 15.9 Å². The predicted octanol–water partition coefficient (Wildman–Crippen LogP) is 4.44. The van der Waals surface area contributed by atoms with Gasteiger partial charge in [-0.05, 0) is 47.2 Å². The lowest BCUT2D eigenvalue weighted by Crippen LogP contribution is -2.01. The predicted molar refractivity (Wildman–Crippen MR) is 83.5 cm³/mol. The quantitative estimate of drug-likeness (QED) is 0.687. The molecule has 0 unspecified atom stereocenters. The van der Waals surface area contributed by atoms with Crippen LogP contribution in [0.25, 0.3) is 10.8 Å². The molecule has 0 saturated carbocycles. The average molecular weight is 347 g/mol. The van der Waals surface area contributed by atoms with Crippen molar-refractivity contribution in [2.45, 2.75) is 9.79 Å². The van der Waals surface area contributed by atoms with E-state index in [4.69, 9.17) is 0 Å². The molecular weight excluding hydrogens is 336 g/mol. The van der Waals surface area contributed by atoms with E-state index in [1.54, 1.807) is 42.5 Å². The maximum atomic E-state index is 12.5. The van der Waals surface area contributed by atoms with Gasteiger partial charge in [0.15, 0.2) is 0 Å². The van der Waals surface area contributed by atoms with E-state index in [9.17, 15) is 8.42 Å². The van der Waals surface area contributed by atoms with Crippen LogP contribution in [-0.2, 0) is 9.84 Å². The third kappa shape index (κ3) is 2.37. The first kappa shape index (κ1) is 13.3. The minimum absolute atomic E-state index is 0.316. The van der Waals surface area contributed by atoms with Crippen LogP contribution in [0.5, 0.6) is 0 Å². The van der Waals surface area contributed by atoms with E-state index in [1.165, 1.54) is 0 Å². The van der Waals surface area contributed by atoms with Crippen LogP contribution in [0.2, 0.25) is 0 Å². The summed E-state index contributed by atoms with van der Waals surface area (Å²) in [7, 11) is -3.45. The van der Waals surface area contributed by atoms with Crippen molar-refractivity contribution < 1.29 is 8.42 Å². The molecule has 4 heteroatoms. The number of hydrogen-bond donors (Lipinski definition) is 0. The molecule has 100 valence electrons. The van der Waals surface area contributed by atoms with Gasteiger partial charge in [0.05, 0.1) is 9.79 Å². The van der Waals surface area contributed by atoms with E-state index in [0.29, 0.717) is 9.79 Å². The van der Waals surface area contributed by atoms with Crippen molar-refractivity contribution in [2.24, 2.45) is 0 Å². The van der Waals surface area contributed by atoms with Gasteiger partial charge in [-0.1, -0.05) is 46.3 Å². The second kappa shape index (κ2) is 5.04. The van der Waals surface area contributed by atoms with E-state index < -0.39 is 9.84 Å². The summed E-state index contributed by atoms with van der Waals surface area (Å²) in [5.41, 5.74) is 0. The highest BCUT2D eigenvalue weighted by molar-refractivity contribution is 9.10. The smallest absolute Gasteiger partial charge is 0.206 e. The highest BCUT2D eigenvalue weighted by Crippen LogP contribution is 2.26. The minimum Gasteiger partial charge on any atom is -0.219 e. The first-order valence-electron chi connectivity index (χ1n) is 6.07. The number of halogens is 1. The molecule has 2 nitrogen and oxygen atoms in total. The van der Waals surface area contributed by atoms with Crippen molar-refractivity contribution >= 4 is 36.5 Å². The Morgan fingerprint density at radius 1 is 0.700 bits per heavy atom. The van der Waals surface area contributed by atoms with Gasteiger partial charge in [-0.25, -0.2) is 8.42 Å². The molecule has 0 fully saturated rings. The Balaban J connectivity index is 2.18. The molecule has 0 atom stereocenters. The van der Waals surface area contributed by atoms with Crippen LogP contribution >= 0.6 is 15.9 Å². The largest absolute Gasteiger partial charge is 0.219 e. The molecule has 0 N–H and O–H groups in total. The van der Waals surface area contributed by atoms with Crippen molar-refractivity contribution in [2.75, 3.05) is 0 Å². The molecule has 0 bridgehead atoms.